The number of H-pyrrole nitrogens is 1. The molecule has 26 heavy (non-hydrogen) atoms. The van der Waals surface area contributed by atoms with Crippen LogP contribution in [0.1, 0.15) is 17.4 Å². The number of nitrogens with zero attached hydrogens (tertiary/aromatic N) is 1. The van der Waals surface area contributed by atoms with Crippen molar-refractivity contribution in [3.8, 4) is 11.5 Å². The number of hydrogen-bond donors (Lipinski definition) is 3. The number of aliphatic hydroxyl groups is 1. The quantitative estimate of drug-likeness (QED) is 0.591. The highest BCUT2D eigenvalue weighted by molar-refractivity contribution is 6.30. The predicted molar refractivity (Wildman–Crippen MR) is 96.1 cm³/mol. The zero-order chi connectivity index (χ0) is 18.7. The summed E-state index contributed by atoms with van der Waals surface area (Å²) < 4.78 is 19.1. The van der Waals surface area contributed by atoms with Gasteiger partial charge in [0.2, 0.25) is 0 Å². The van der Waals surface area contributed by atoms with Crippen molar-refractivity contribution in [1.82, 2.24) is 10.2 Å². The zero-order valence-electron chi connectivity index (χ0n) is 13.7. The maximum absolute atomic E-state index is 13.3. The first kappa shape index (κ1) is 17.9. The predicted octanol–water partition coefficient (Wildman–Crippen LogP) is 3.77. The van der Waals surface area contributed by atoms with Gasteiger partial charge in [0.05, 0.1) is 11.9 Å². The van der Waals surface area contributed by atoms with E-state index in [9.17, 15) is 14.3 Å². The average molecular weight is 376 g/mol. The summed E-state index contributed by atoms with van der Waals surface area (Å²) in [6, 6.07) is 10.1. The van der Waals surface area contributed by atoms with Gasteiger partial charge in [-0.1, -0.05) is 11.6 Å². The Morgan fingerprint density at radius 3 is 2.73 bits per heavy atom. The molecule has 1 aromatic heterocycles. The Kier molecular flexibility index (Phi) is 5.20. The molecule has 3 aromatic rings. The summed E-state index contributed by atoms with van der Waals surface area (Å²) in [5.41, 5.74) is 0.866. The molecule has 0 aliphatic carbocycles. The van der Waals surface area contributed by atoms with Gasteiger partial charge in [-0.3, -0.25) is 4.79 Å². The van der Waals surface area contributed by atoms with Crippen LogP contribution < -0.4 is 15.6 Å². The Bertz CT molecular complexity index is 993. The lowest BCUT2D eigenvalue weighted by molar-refractivity contribution is 0.204. The van der Waals surface area contributed by atoms with Crippen LogP contribution in [-0.2, 0) is 0 Å². The van der Waals surface area contributed by atoms with E-state index in [2.05, 4.69) is 15.5 Å². The zero-order valence-corrected chi connectivity index (χ0v) is 14.4. The lowest BCUT2D eigenvalue weighted by Crippen LogP contribution is -2.14. The molecule has 0 spiro atoms. The molecular weight excluding hydrogens is 361 g/mol. The van der Waals surface area contributed by atoms with Crippen LogP contribution in [0.3, 0.4) is 0 Å². The van der Waals surface area contributed by atoms with E-state index in [1.54, 1.807) is 19.1 Å². The molecule has 0 fully saturated rings. The standard InChI is InChI=1S/C18H15ClFN3O3/c1-10-6-12(20)3-5-15(10)26-16-4-2-11(19)7-14(16)18(25)22-13-8-17(24)23-21-9-13/h2-9,18,25H,1H3,(H2,22,23,24). The second-order valence-electron chi connectivity index (χ2n) is 5.57. The molecule has 0 aliphatic rings. The van der Waals surface area contributed by atoms with Gasteiger partial charge in [-0.15, -0.1) is 0 Å². The van der Waals surface area contributed by atoms with Crippen molar-refractivity contribution >= 4 is 17.3 Å². The van der Waals surface area contributed by atoms with Gasteiger partial charge in [-0.2, -0.15) is 5.10 Å². The molecule has 0 aliphatic heterocycles. The number of aromatic amines is 1. The Morgan fingerprint density at radius 2 is 2.00 bits per heavy atom. The van der Waals surface area contributed by atoms with Crippen molar-refractivity contribution in [3.63, 3.8) is 0 Å². The molecule has 6 nitrogen and oxygen atoms in total. The van der Waals surface area contributed by atoms with Crippen LogP contribution in [-0.4, -0.2) is 15.3 Å². The average Bonchev–Trinajstić information content (AvgIpc) is 2.58. The van der Waals surface area contributed by atoms with E-state index < -0.39 is 11.8 Å². The van der Waals surface area contributed by atoms with E-state index in [1.807, 2.05) is 0 Å². The molecule has 0 radical (unpaired) electrons. The van der Waals surface area contributed by atoms with Gasteiger partial charge in [0.1, 0.15) is 17.3 Å². The number of hydrogen-bond acceptors (Lipinski definition) is 5. The number of aliphatic hydroxyl groups excluding tert-OH is 1. The molecule has 134 valence electrons. The number of rotatable bonds is 5. The normalized spacial score (nSPS) is 11.8. The number of aryl methyl sites for hydroxylation is 1. The molecule has 3 N–H and O–H groups in total. The monoisotopic (exact) mass is 375 g/mol. The molecule has 0 amide bonds. The van der Waals surface area contributed by atoms with Crippen molar-refractivity contribution in [1.29, 1.82) is 0 Å². The fourth-order valence-electron chi connectivity index (χ4n) is 2.36. The first-order valence-electron chi connectivity index (χ1n) is 7.65. The van der Waals surface area contributed by atoms with Crippen LogP contribution >= 0.6 is 11.6 Å². The molecule has 0 saturated heterocycles. The van der Waals surface area contributed by atoms with Crippen LogP contribution in [0, 0.1) is 12.7 Å². The topological polar surface area (TPSA) is 87.2 Å². The molecule has 0 saturated carbocycles. The molecule has 3 rings (SSSR count). The van der Waals surface area contributed by atoms with Gasteiger partial charge in [0.25, 0.3) is 5.56 Å². The third-order valence-electron chi connectivity index (χ3n) is 3.59. The van der Waals surface area contributed by atoms with E-state index in [-0.39, 0.29) is 5.82 Å². The number of ether oxygens (including phenoxy) is 1. The highest BCUT2D eigenvalue weighted by atomic mass is 35.5. The lowest BCUT2D eigenvalue weighted by atomic mass is 10.1. The smallest absolute Gasteiger partial charge is 0.266 e. The van der Waals surface area contributed by atoms with E-state index in [4.69, 9.17) is 16.3 Å². The van der Waals surface area contributed by atoms with Crippen molar-refractivity contribution in [2.24, 2.45) is 0 Å². The molecule has 8 heteroatoms. The van der Waals surface area contributed by atoms with Gasteiger partial charge < -0.3 is 15.2 Å². The van der Waals surface area contributed by atoms with E-state index in [0.29, 0.717) is 33.3 Å². The second kappa shape index (κ2) is 7.55. The van der Waals surface area contributed by atoms with Gasteiger partial charge in [-0.05, 0) is 48.9 Å². The molecule has 2 aromatic carbocycles. The first-order chi connectivity index (χ1) is 12.4. The number of nitrogens with one attached hydrogen (secondary N) is 2. The molecule has 0 bridgehead atoms. The van der Waals surface area contributed by atoms with Gasteiger partial charge >= 0.3 is 0 Å². The van der Waals surface area contributed by atoms with Crippen LogP contribution in [0.25, 0.3) is 0 Å². The highest BCUT2D eigenvalue weighted by Gasteiger charge is 2.16. The van der Waals surface area contributed by atoms with Gasteiger partial charge in [-0.25, -0.2) is 9.49 Å². The third kappa shape index (κ3) is 4.19. The van der Waals surface area contributed by atoms with E-state index in [0.717, 1.165) is 0 Å². The van der Waals surface area contributed by atoms with Crippen molar-refractivity contribution in [2.75, 3.05) is 5.32 Å². The van der Waals surface area contributed by atoms with E-state index >= 15 is 0 Å². The number of benzene rings is 2. The molecule has 1 unspecified atom stereocenters. The molecule has 1 heterocycles. The van der Waals surface area contributed by atoms with Crippen LogP contribution in [0.4, 0.5) is 10.1 Å². The lowest BCUT2D eigenvalue weighted by Gasteiger charge is -2.19. The summed E-state index contributed by atoms with van der Waals surface area (Å²) in [7, 11) is 0. The van der Waals surface area contributed by atoms with E-state index in [1.165, 1.54) is 36.5 Å². The molecule has 1 atom stereocenters. The Hall–Kier alpha value is -2.90. The summed E-state index contributed by atoms with van der Waals surface area (Å²) in [4.78, 5) is 11.3. The largest absolute Gasteiger partial charge is 0.457 e. The minimum absolute atomic E-state index is 0.324. The first-order valence-corrected chi connectivity index (χ1v) is 8.03. The fraction of sp³-hybridized carbons (Fsp3) is 0.111. The Labute approximate surface area is 153 Å². The van der Waals surface area contributed by atoms with Crippen LogP contribution in [0.2, 0.25) is 5.02 Å². The van der Waals surface area contributed by atoms with Crippen molar-refractivity contribution in [3.05, 3.63) is 81.0 Å². The number of aromatic nitrogens is 2. The number of halogens is 2. The minimum Gasteiger partial charge on any atom is -0.457 e. The third-order valence-corrected chi connectivity index (χ3v) is 3.83. The van der Waals surface area contributed by atoms with Crippen molar-refractivity contribution in [2.45, 2.75) is 13.2 Å². The molecular formula is C18H15ClFN3O3. The SMILES string of the molecule is Cc1cc(F)ccc1Oc1ccc(Cl)cc1C(O)Nc1cn[nH]c(=O)c1. The summed E-state index contributed by atoms with van der Waals surface area (Å²) >= 11 is 6.03. The van der Waals surface area contributed by atoms with Gasteiger partial charge in [0, 0.05) is 16.7 Å². The maximum Gasteiger partial charge on any atom is 0.266 e. The Morgan fingerprint density at radius 1 is 1.23 bits per heavy atom. The minimum atomic E-state index is -1.21. The maximum atomic E-state index is 13.3. The second-order valence-corrected chi connectivity index (χ2v) is 6.01. The van der Waals surface area contributed by atoms with Crippen LogP contribution in [0.5, 0.6) is 11.5 Å². The fourth-order valence-corrected chi connectivity index (χ4v) is 2.54. The summed E-state index contributed by atoms with van der Waals surface area (Å²) in [5.74, 6) is 0.414. The summed E-state index contributed by atoms with van der Waals surface area (Å²) in [6.07, 6.45) is 0.146. The summed E-state index contributed by atoms with van der Waals surface area (Å²) in [5, 5.41) is 19.6. The van der Waals surface area contributed by atoms with Crippen molar-refractivity contribution < 1.29 is 14.2 Å². The van der Waals surface area contributed by atoms with Crippen LogP contribution in [0.15, 0.2) is 53.5 Å². The van der Waals surface area contributed by atoms with Gasteiger partial charge in [0.15, 0.2) is 6.23 Å². The Balaban J connectivity index is 1.91. The highest BCUT2D eigenvalue weighted by Crippen LogP contribution is 2.33. The summed E-state index contributed by atoms with van der Waals surface area (Å²) in [6.45, 7) is 1.71. The number of anilines is 1.